The Morgan fingerprint density at radius 1 is 1.04 bits per heavy atom. The first-order chi connectivity index (χ1) is 10.2. The van der Waals surface area contributed by atoms with Gasteiger partial charge < -0.3 is 50.8 Å². The number of hydrogen-bond acceptors (Lipinski definition) is 9. The molecule has 0 rings (SSSR count). The molecular formula is C8H21NO12P2. The average molecular weight is 385 g/mol. The minimum absolute atomic E-state index is 0.452. The van der Waals surface area contributed by atoms with Crippen LogP contribution in [-0.4, -0.2) is 87.9 Å². The third-order valence-electron chi connectivity index (χ3n) is 2.45. The molecule has 0 fully saturated rings. The van der Waals surface area contributed by atoms with Gasteiger partial charge in [-0.1, -0.05) is 0 Å². The van der Waals surface area contributed by atoms with Crippen LogP contribution in [0, 0.1) is 0 Å². The molecule has 0 aromatic carbocycles. The molecule has 0 saturated heterocycles. The summed E-state index contributed by atoms with van der Waals surface area (Å²) in [5.74, 6) is -0.901. The van der Waals surface area contributed by atoms with Crippen molar-refractivity contribution in [3.05, 3.63) is 0 Å². The summed E-state index contributed by atoms with van der Waals surface area (Å²) in [5, 5.41) is 39.3. The number of nitrogens with two attached hydrogens (primary N) is 1. The van der Waals surface area contributed by atoms with E-state index in [2.05, 4.69) is 0 Å². The standard InChI is InChI=1S/C5H10O5.C3H11NO7P2/c6-1-3(8)5(10)4(9)2-7;4-2-1-3(5,12(6,7)8)13(9,10)11/h3,5-8,10H,1-2H2;5H,1-2,4H2,(H2,6,7,8)(H2,9,10,11)/t3-,5-;/m1./s1. The van der Waals surface area contributed by atoms with Crippen molar-refractivity contribution >= 4 is 21.0 Å². The molecule has 15 heteroatoms. The van der Waals surface area contributed by atoms with E-state index < -0.39 is 64.4 Å². The number of aliphatic hydroxyl groups excluding tert-OH is 4. The fourth-order valence-electron chi connectivity index (χ4n) is 1.06. The molecule has 23 heavy (non-hydrogen) atoms. The highest BCUT2D eigenvalue weighted by atomic mass is 31.2. The molecule has 0 heterocycles. The van der Waals surface area contributed by atoms with E-state index in [-0.39, 0.29) is 0 Å². The highest BCUT2D eigenvalue weighted by Crippen LogP contribution is 2.68. The molecule has 0 spiro atoms. The second kappa shape index (κ2) is 9.89. The molecular weight excluding hydrogens is 364 g/mol. The van der Waals surface area contributed by atoms with E-state index in [1.54, 1.807) is 0 Å². The molecule has 0 radical (unpaired) electrons. The Morgan fingerprint density at radius 2 is 1.43 bits per heavy atom. The van der Waals surface area contributed by atoms with Crippen molar-refractivity contribution in [2.45, 2.75) is 23.7 Å². The van der Waals surface area contributed by atoms with Gasteiger partial charge in [0.15, 0.2) is 5.78 Å². The quantitative estimate of drug-likeness (QED) is 0.177. The highest BCUT2D eigenvalue weighted by Gasteiger charge is 2.58. The van der Waals surface area contributed by atoms with Gasteiger partial charge in [-0.3, -0.25) is 13.9 Å². The van der Waals surface area contributed by atoms with E-state index in [9.17, 15) is 13.9 Å². The molecule has 0 saturated carbocycles. The zero-order valence-electron chi connectivity index (χ0n) is 11.7. The molecule has 0 unspecified atom stereocenters. The number of hydrogen-bond donors (Lipinski definition) is 10. The number of aliphatic hydroxyl groups is 5. The predicted molar refractivity (Wildman–Crippen MR) is 73.9 cm³/mol. The summed E-state index contributed by atoms with van der Waals surface area (Å²) in [6.07, 6.45) is -4.06. The van der Waals surface area contributed by atoms with Crippen molar-refractivity contribution in [1.29, 1.82) is 0 Å². The minimum atomic E-state index is -5.31. The van der Waals surface area contributed by atoms with Gasteiger partial charge in [-0.2, -0.15) is 0 Å². The number of ketones is 1. The Balaban J connectivity index is 0. The van der Waals surface area contributed by atoms with Crippen LogP contribution in [0.3, 0.4) is 0 Å². The molecule has 0 bridgehead atoms. The van der Waals surface area contributed by atoms with Gasteiger partial charge >= 0.3 is 15.2 Å². The van der Waals surface area contributed by atoms with Crippen LogP contribution in [0.25, 0.3) is 0 Å². The summed E-state index contributed by atoms with van der Waals surface area (Å²) >= 11 is 0. The first-order valence-corrected chi connectivity index (χ1v) is 9.06. The van der Waals surface area contributed by atoms with Crippen molar-refractivity contribution in [3.8, 4) is 0 Å². The van der Waals surface area contributed by atoms with Crippen LogP contribution in [0.4, 0.5) is 0 Å². The van der Waals surface area contributed by atoms with Gasteiger partial charge in [0.2, 0.25) is 0 Å². The number of Topliss-reactive ketones (excluding diaryl/α,β-unsaturated/α-hetero) is 1. The lowest BCUT2D eigenvalue weighted by molar-refractivity contribution is -0.137. The zero-order chi connectivity index (χ0) is 19.1. The molecule has 0 aliphatic heterocycles. The largest absolute Gasteiger partial charge is 0.394 e. The van der Waals surface area contributed by atoms with Crippen LogP contribution in [0.2, 0.25) is 0 Å². The van der Waals surface area contributed by atoms with Crippen LogP contribution in [0.15, 0.2) is 0 Å². The van der Waals surface area contributed by atoms with Crippen LogP contribution in [0.5, 0.6) is 0 Å². The first kappa shape index (κ1) is 25.0. The van der Waals surface area contributed by atoms with E-state index >= 15 is 0 Å². The first-order valence-electron chi connectivity index (χ1n) is 5.83. The fourth-order valence-corrected chi connectivity index (χ4v) is 3.26. The predicted octanol–water partition coefficient (Wildman–Crippen LogP) is -4.40. The van der Waals surface area contributed by atoms with Crippen molar-refractivity contribution in [2.24, 2.45) is 5.73 Å². The van der Waals surface area contributed by atoms with Crippen molar-refractivity contribution in [1.82, 2.24) is 0 Å². The van der Waals surface area contributed by atoms with E-state index in [0.717, 1.165) is 0 Å². The van der Waals surface area contributed by atoms with Crippen LogP contribution in [-0.2, 0) is 13.9 Å². The fraction of sp³-hybridized carbons (Fsp3) is 0.875. The normalized spacial score (nSPS) is 15.4. The number of carbonyl (C=O) groups excluding carboxylic acids is 1. The lowest BCUT2D eigenvalue weighted by atomic mass is 10.1. The SMILES string of the molecule is NCCC(O)(P(=O)(O)O)P(=O)(O)O.O=C(CO)[C@H](O)[C@H](O)CO. The highest BCUT2D eigenvalue weighted by molar-refractivity contribution is 7.72. The van der Waals surface area contributed by atoms with E-state index in [1.807, 2.05) is 0 Å². The Morgan fingerprint density at radius 3 is 1.61 bits per heavy atom. The van der Waals surface area contributed by atoms with Gasteiger partial charge in [0.05, 0.1) is 6.61 Å². The Kier molecular flexibility index (Phi) is 10.7. The molecule has 0 aliphatic rings. The van der Waals surface area contributed by atoms with Crippen LogP contribution < -0.4 is 5.73 Å². The molecule has 2 atom stereocenters. The average Bonchev–Trinajstić information content (AvgIpc) is 2.43. The second-order valence-corrected chi connectivity index (χ2v) is 8.23. The van der Waals surface area contributed by atoms with E-state index in [4.69, 9.17) is 50.8 Å². The summed E-state index contributed by atoms with van der Waals surface area (Å²) in [4.78, 5) is 44.4. The molecule has 140 valence electrons. The number of carbonyl (C=O) groups is 1. The van der Waals surface area contributed by atoms with Gasteiger partial charge in [-0.25, -0.2) is 0 Å². The third-order valence-corrected chi connectivity index (χ3v) is 6.33. The van der Waals surface area contributed by atoms with E-state index in [1.165, 1.54) is 0 Å². The molecule has 13 nitrogen and oxygen atoms in total. The van der Waals surface area contributed by atoms with Crippen molar-refractivity contribution < 1.29 is 59.0 Å². The van der Waals surface area contributed by atoms with Crippen LogP contribution in [0.1, 0.15) is 6.42 Å². The summed E-state index contributed by atoms with van der Waals surface area (Å²) in [5.41, 5.74) is 4.86. The van der Waals surface area contributed by atoms with Crippen molar-refractivity contribution in [3.63, 3.8) is 0 Å². The lowest BCUT2D eigenvalue weighted by Gasteiger charge is -2.28. The summed E-state index contributed by atoms with van der Waals surface area (Å²) in [7, 11) is -10.6. The lowest BCUT2D eigenvalue weighted by Crippen LogP contribution is -2.37. The third kappa shape index (κ3) is 7.44. The Hall–Kier alpha value is -0.270. The van der Waals surface area contributed by atoms with Crippen molar-refractivity contribution in [2.75, 3.05) is 19.8 Å². The van der Waals surface area contributed by atoms with Gasteiger partial charge in [-0.05, 0) is 6.54 Å². The Labute approximate surface area is 130 Å². The molecule has 0 aromatic heterocycles. The molecule has 0 amide bonds. The molecule has 11 N–H and O–H groups in total. The maximum Gasteiger partial charge on any atom is 0.369 e. The van der Waals surface area contributed by atoms with Gasteiger partial charge in [0, 0.05) is 6.42 Å². The summed E-state index contributed by atoms with van der Waals surface area (Å²) < 4.78 is 21.2. The minimum Gasteiger partial charge on any atom is -0.394 e. The summed E-state index contributed by atoms with van der Waals surface area (Å²) in [6.45, 7) is -1.99. The van der Waals surface area contributed by atoms with Crippen LogP contribution >= 0.6 is 15.2 Å². The summed E-state index contributed by atoms with van der Waals surface area (Å²) in [6, 6.07) is 0. The van der Waals surface area contributed by atoms with Gasteiger partial charge in [-0.15, -0.1) is 0 Å². The molecule has 0 aliphatic carbocycles. The monoisotopic (exact) mass is 385 g/mol. The topological polar surface area (TPSA) is 259 Å². The number of rotatable bonds is 8. The van der Waals surface area contributed by atoms with Gasteiger partial charge in [0.1, 0.15) is 18.8 Å². The molecule has 0 aromatic rings. The smallest absolute Gasteiger partial charge is 0.369 e. The van der Waals surface area contributed by atoms with Gasteiger partial charge in [0.25, 0.3) is 5.08 Å². The van der Waals surface area contributed by atoms with E-state index in [0.29, 0.717) is 0 Å². The zero-order valence-corrected chi connectivity index (χ0v) is 13.5. The second-order valence-electron chi connectivity index (χ2n) is 4.22. The maximum atomic E-state index is 10.6. The Bertz CT molecular complexity index is 436. The maximum absolute atomic E-state index is 10.6.